The van der Waals surface area contributed by atoms with Gasteiger partial charge in [0.15, 0.2) is 5.15 Å². The standard InChI is InChI=1S/C13H11ClN2O/c1-9-7-11(12(14)15-8-9)16-13(17)10-5-3-2-4-6-10/h2-8H,1H3,(H,16,17). The minimum Gasteiger partial charge on any atom is -0.319 e. The Labute approximate surface area is 104 Å². The highest BCUT2D eigenvalue weighted by molar-refractivity contribution is 6.32. The number of hydrogen-bond donors (Lipinski definition) is 1. The minimum atomic E-state index is -0.195. The first-order chi connectivity index (χ1) is 8.16. The highest BCUT2D eigenvalue weighted by Crippen LogP contribution is 2.20. The van der Waals surface area contributed by atoms with Gasteiger partial charge in [0.25, 0.3) is 5.91 Å². The van der Waals surface area contributed by atoms with Gasteiger partial charge in [-0.1, -0.05) is 29.8 Å². The molecule has 0 fully saturated rings. The SMILES string of the molecule is Cc1cnc(Cl)c(NC(=O)c2ccccc2)c1. The molecule has 86 valence electrons. The van der Waals surface area contributed by atoms with Gasteiger partial charge in [0.05, 0.1) is 5.69 Å². The molecule has 0 saturated carbocycles. The average molecular weight is 247 g/mol. The molecule has 2 aromatic rings. The molecule has 0 radical (unpaired) electrons. The van der Waals surface area contributed by atoms with E-state index in [1.807, 2.05) is 25.1 Å². The molecule has 0 bridgehead atoms. The fourth-order valence-electron chi connectivity index (χ4n) is 1.42. The number of rotatable bonds is 2. The Kier molecular flexibility index (Phi) is 3.40. The van der Waals surface area contributed by atoms with E-state index in [0.29, 0.717) is 16.4 Å². The normalized spacial score (nSPS) is 10.0. The molecule has 1 heterocycles. The van der Waals surface area contributed by atoms with E-state index >= 15 is 0 Å². The Hall–Kier alpha value is -1.87. The second-order valence-corrected chi connectivity index (χ2v) is 4.03. The number of amides is 1. The summed E-state index contributed by atoms with van der Waals surface area (Å²) < 4.78 is 0. The van der Waals surface area contributed by atoms with Crippen LogP contribution in [-0.4, -0.2) is 10.9 Å². The summed E-state index contributed by atoms with van der Waals surface area (Å²) in [5.74, 6) is -0.195. The van der Waals surface area contributed by atoms with Crippen molar-refractivity contribution in [2.75, 3.05) is 5.32 Å². The molecule has 0 aliphatic heterocycles. The third kappa shape index (κ3) is 2.82. The maximum absolute atomic E-state index is 11.9. The molecule has 0 unspecified atom stereocenters. The highest BCUT2D eigenvalue weighted by atomic mass is 35.5. The van der Waals surface area contributed by atoms with Crippen LogP contribution in [0.5, 0.6) is 0 Å². The van der Waals surface area contributed by atoms with Crippen LogP contribution < -0.4 is 5.32 Å². The molecule has 17 heavy (non-hydrogen) atoms. The molecule has 3 nitrogen and oxygen atoms in total. The summed E-state index contributed by atoms with van der Waals surface area (Å²) >= 11 is 5.90. The van der Waals surface area contributed by atoms with E-state index in [1.54, 1.807) is 24.4 Å². The van der Waals surface area contributed by atoms with E-state index in [1.165, 1.54) is 0 Å². The third-order valence-electron chi connectivity index (χ3n) is 2.26. The van der Waals surface area contributed by atoms with Gasteiger partial charge in [0, 0.05) is 11.8 Å². The van der Waals surface area contributed by atoms with Gasteiger partial charge in [-0.25, -0.2) is 4.98 Å². The van der Waals surface area contributed by atoms with E-state index in [2.05, 4.69) is 10.3 Å². The smallest absolute Gasteiger partial charge is 0.255 e. The Balaban J connectivity index is 2.22. The second-order valence-electron chi connectivity index (χ2n) is 3.67. The Bertz CT molecular complexity index is 540. The van der Waals surface area contributed by atoms with Gasteiger partial charge in [-0.15, -0.1) is 0 Å². The summed E-state index contributed by atoms with van der Waals surface area (Å²) in [6.45, 7) is 1.89. The lowest BCUT2D eigenvalue weighted by Crippen LogP contribution is -2.12. The monoisotopic (exact) mass is 246 g/mol. The number of carbonyl (C=O) groups excluding carboxylic acids is 1. The zero-order valence-electron chi connectivity index (χ0n) is 9.27. The van der Waals surface area contributed by atoms with Crippen molar-refractivity contribution in [2.24, 2.45) is 0 Å². The second kappa shape index (κ2) is 4.97. The van der Waals surface area contributed by atoms with Crippen molar-refractivity contribution in [2.45, 2.75) is 6.92 Å². The molecular formula is C13H11ClN2O. The van der Waals surface area contributed by atoms with Crippen molar-refractivity contribution in [3.05, 3.63) is 58.9 Å². The van der Waals surface area contributed by atoms with Crippen LogP contribution in [0.25, 0.3) is 0 Å². The first-order valence-electron chi connectivity index (χ1n) is 5.15. The number of anilines is 1. The van der Waals surface area contributed by atoms with Crippen molar-refractivity contribution in [1.29, 1.82) is 0 Å². The lowest BCUT2D eigenvalue weighted by molar-refractivity contribution is 0.102. The number of nitrogens with one attached hydrogen (secondary N) is 1. The van der Waals surface area contributed by atoms with Crippen LogP contribution in [0, 0.1) is 6.92 Å². The molecule has 0 atom stereocenters. The molecule has 0 aliphatic carbocycles. The van der Waals surface area contributed by atoms with Gasteiger partial charge in [-0.3, -0.25) is 4.79 Å². The van der Waals surface area contributed by atoms with Gasteiger partial charge >= 0.3 is 0 Å². The fourth-order valence-corrected chi connectivity index (χ4v) is 1.57. The van der Waals surface area contributed by atoms with Crippen LogP contribution in [-0.2, 0) is 0 Å². The Morgan fingerprint density at radius 2 is 2.00 bits per heavy atom. The van der Waals surface area contributed by atoms with Crippen molar-refractivity contribution >= 4 is 23.2 Å². The summed E-state index contributed by atoms with van der Waals surface area (Å²) in [5.41, 5.74) is 2.06. The van der Waals surface area contributed by atoms with Gasteiger partial charge < -0.3 is 5.32 Å². The average Bonchev–Trinajstić information content (AvgIpc) is 2.35. The van der Waals surface area contributed by atoms with Crippen LogP contribution in [0.2, 0.25) is 5.15 Å². The van der Waals surface area contributed by atoms with Crippen molar-refractivity contribution in [3.63, 3.8) is 0 Å². The van der Waals surface area contributed by atoms with Crippen molar-refractivity contribution in [1.82, 2.24) is 4.98 Å². The molecule has 1 N–H and O–H groups in total. The van der Waals surface area contributed by atoms with Gasteiger partial charge in [0.2, 0.25) is 0 Å². The van der Waals surface area contributed by atoms with Gasteiger partial charge in [-0.05, 0) is 30.7 Å². The Morgan fingerprint density at radius 3 is 2.71 bits per heavy atom. The lowest BCUT2D eigenvalue weighted by Gasteiger charge is -2.07. The topological polar surface area (TPSA) is 42.0 Å². The minimum absolute atomic E-state index is 0.195. The quantitative estimate of drug-likeness (QED) is 0.826. The molecule has 4 heteroatoms. The first kappa shape index (κ1) is 11.6. The van der Waals surface area contributed by atoms with Gasteiger partial charge in [-0.2, -0.15) is 0 Å². The number of nitrogens with zero attached hydrogens (tertiary/aromatic N) is 1. The first-order valence-corrected chi connectivity index (χ1v) is 5.53. The lowest BCUT2D eigenvalue weighted by atomic mass is 10.2. The third-order valence-corrected chi connectivity index (χ3v) is 2.56. The van der Waals surface area contributed by atoms with Crippen LogP contribution in [0.4, 0.5) is 5.69 Å². The van der Waals surface area contributed by atoms with Gasteiger partial charge in [0.1, 0.15) is 0 Å². The summed E-state index contributed by atoms with van der Waals surface area (Å²) in [6, 6.07) is 10.8. The number of hydrogen-bond acceptors (Lipinski definition) is 2. The molecule has 1 amide bonds. The molecular weight excluding hydrogens is 236 g/mol. The van der Waals surface area contributed by atoms with Crippen molar-refractivity contribution < 1.29 is 4.79 Å². The number of pyridine rings is 1. The largest absolute Gasteiger partial charge is 0.319 e. The zero-order chi connectivity index (χ0) is 12.3. The fraction of sp³-hybridized carbons (Fsp3) is 0.0769. The molecule has 0 spiro atoms. The predicted octanol–water partition coefficient (Wildman–Crippen LogP) is 3.30. The van der Waals surface area contributed by atoms with E-state index in [0.717, 1.165) is 5.56 Å². The zero-order valence-corrected chi connectivity index (χ0v) is 10.0. The Morgan fingerprint density at radius 1 is 1.29 bits per heavy atom. The number of carbonyl (C=O) groups is 1. The van der Waals surface area contributed by atoms with E-state index in [-0.39, 0.29) is 5.91 Å². The van der Waals surface area contributed by atoms with E-state index in [9.17, 15) is 4.79 Å². The summed E-state index contributed by atoms with van der Waals surface area (Å²) in [4.78, 5) is 15.9. The molecule has 1 aromatic heterocycles. The summed E-state index contributed by atoms with van der Waals surface area (Å²) in [7, 11) is 0. The maximum Gasteiger partial charge on any atom is 0.255 e. The van der Waals surface area contributed by atoms with Crippen LogP contribution in [0.3, 0.4) is 0 Å². The molecule has 0 aliphatic rings. The number of aryl methyl sites for hydroxylation is 1. The van der Waals surface area contributed by atoms with E-state index in [4.69, 9.17) is 11.6 Å². The maximum atomic E-state index is 11.9. The van der Waals surface area contributed by atoms with Crippen LogP contribution in [0.15, 0.2) is 42.6 Å². The number of benzene rings is 1. The van der Waals surface area contributed by atoms with Crippen LogP contribution in [0.1, 0.15) is 15.9 Å². The van der Waals surface area contributed by atoms with E-state index < -0.39 is 0 Å². The predicted molar refractivity (Wildman–Crippen MR) is 68.4 cm³/mol. The number of aromatic nitrogens is 1. The molecule has 0 saturated heterocycles. The van der Waals surface area contributed by atoms with Crippen LogP contribution >= 0.6 is 11.6 Å². The summed E-state index contributed by atoms with van der Waals surface area (Å²) in [5, 5.41) is 3.03. The molecule has 2 rings (SSSR count). The molecule has 1 aromatic carbocycles. The number of halogens is 1. The highest BCUT2D eigenvalue weighted by Gasteiger charge is 2.08. The summed E-state index contributed by atoms with van der Waals surface area (Å²) in [6.07, 6.45) is 1.65. The van der Waals surface area contributed by atoms with Crippen molar-refractivity contribution in [3.8, 4) is 0 Å².